The van der Waals surface area contributed by atoms with E-state index in [2.05, 4.69) is 15.6 Å². The number of amides is 2. The molecule has 20 heavy (non-hydrogen) atoms. The molecule has 3 rings (SSSR count). The first-order chi connectivity index (χ1) is 9.70. The van der Waals surface area contributed by atoms with Gasteiger partial charge < -0.3 is 10.6 Å². The van der Waals surface area contributed by atoms with Crippen LogP contribution in [-0.4, -0.2) is 28.4 Å². The van der Waals surface area contributed by atoms with Crippen LogP contribution in [0.2, 0.25) is 0 Å². The number of nitrogens with one attached hydrogen (secondary N) is 2. The highest BCUT2D eigenvalue weighted by Gasteiger charge is 2.46. The number of carbonyl (C=O) groups excluding carboxylic acids is 2. The van der Waals surface area contributed by atoms with E-state index >= 15 is 0 Å². The summed E-state index contributed by atoms with van der Waals surface area (Å²) in [5, 5.41) is 5.86. The molecule has 0 radical (unpaired) electrons. The van der Waals surface area contributed by atoms with E-state index in [4.69, 9.17) is 0 Å². The molecule has 2 N–H and O–H groups in total. The van der Waals surface area contributed by atoms with Crippen molar-refractivity contribution in [3.63, 3.8) is 0 Å². The molecule has 1 atom stereocenters. The van der Waals surface area contributed by atoms with Gasteiger partial charge in [-0.15, -0.1) is 0 Å². The van der Waals surface area contributed by atoms with Gasteiger partial charge in [0, 0.05) is 18.3 Å². The van der Waals surface area contributed by atoms with Crippen LogP contribution < -0.4 is 10.6 Å². The molecule has 1 aromatic rings. The minimum atomic E-state index is -0.657. The molecule has 1 aliphatic heterocycles. The van der Waals surface area contributed by atoms with E-state index < -0.39 is 11.6 Å². The summed E-state index contributed by atoms with van der Waals surface area (Å²) in [4.78, 5) is 28.8. The summed E-state index contributed by atoms with van der Waals surface area (Å²) < 4.78 is 0. The molecular weight excluding hydrogens is 254 g/mol. The van der Waals surface area contributed by atoms with E-state index in [1.54, 1.807) is 6.20 Å². The van der Waals surface area contributed by atoms with Crippen LogP contribution in [0.4, 0.5) is 0 Å². The number of rotatable bonds is 2. The molecule has 2 heterocycles. The van der Waals surface area contributed by atoms with Crippen molar-refractivity contribution in [1.82, 2.24) is 15.6 Å². The number of aromatic nitrogens is 1. The summed E-state index contributed by atoms with van der Waals surface area (Å²) in [7, 11) is 0. The van der Waals surface area contributed by atoms with Gasteiger partial charge in [0.25, 0.3) is 0 Å². The van der Waals surface area contributed by atoms with Crippen LogP contribution in [0.5, 0.6) is 0 Å². The summed E-state index contributed by atoms with van der Waals surface area (Å²) >= 11 is 0. The zero-order valence-corrected chi connectivity index (χ0v) is 11.4. The number of hydrogen-bond donors (Lipinski definition) is 2. The van der Waals surface area contributed by atoms with Crippen LogP contribution in [0.1, 0.15) is 37.8 Å². The molecule has 1 saturated carbocycles. The molecule has 1 spiro atoms. The standard InChI is InChI=1S/C15H19N3O2/c19-13-12(10-11-6-2-5-9-16-11)17-14(20)15(18-13)7-3-1-4-8-15/h2,5-6,9,12H,1,3-4,7-8,10H2,(H,17,20)(H,18,19)/t12-/m1/s1. The van der Waals surface area contributed by atoms with Crippen molar-refractivity contribution >= 4 is 11.8 Å². The molecule has 106 valence electrons. The molecular formula is C15H19N3O2. The molecule has 2 fully saturated rings. The number of nitrogens with zero attached hydrogens (tertiary/aromatic N) is 1. The predicted octanol–water partition coefficient (Wildman–Crippen LogP) is 0.942. The van der Waals surface area contributed by atoms with Crippen molar-refractivity contribution in [2.24, 2.45) is 0 Å². The average molecular weight is 273 g/mol. The Bertz CT molecular complexity index is 509. The Hall–Kier alpha value is -1.91. The van der Waals surface area contributed by atoms with Gasteiger partial charge in [0.05, 0.1) is 0 Å². The first-order valence-electron chi connectivity index (χ1n) is 7.22. The molecule has 2 aliphatic rings. The fourth-order valence-corrected chi connectivity index (χ4v) is 3.12. The largest absolute Gasteiger partial charge is 0.342 e. The van der Waals surface area contributed by atoms with Crippen LogP contribution in [0, 0.1) is 0 Å². The minimum Gasteiger partial charge on any atom is -0.342 e. The number of hydrogen-bond acceptors (Lipinski definition) is 3. The van der Waals surface area contributed by atoms with Crippen LogP contribution in [0.3, 0.4) is 0 Å². The van der Waals surface area contributed by atoms with Gasteiger partial charge in [-0.05, 0) is 25.0 Å². The molecule has 2 amide bonds. The lowest BCUT2D eigenvalue weighted by Gasteiger charge is -2.42. The van der Waals surface area contributed by atoms with Crippen molar-refractivity contribution < 1.29 is 9.59 Å². The predicted molar refractivity (Wildman–Crippen MR) is 73.8 cm³/mol. The van der Waals surface area contributed by atoms with E-state index in [0.29, 0.717) is 6.42 Å². The zero-order chi connectivity index (χ0) is 14.0. The van der Waals surface area contributed by atoms with Gasteiger partial charge in [0.1, 0.15) is 11.6 Å². The second kappa shape index (κ2) is 5.23. The maximum Gasteiger partial charge on any atom is 0.246 e. The Labute approximate surface area is 118 Å². The van der Waals surface area contributed by atoms with Crippen LogP contribution >= 0.6 is 0 Å². The van der Waals surface area contributed by atoms with Crippen molar-refractivity contribution in [3.8, 4) is 0 Å². The quantitative estimate of drug-likeness (QED) is 0.842. The van der Waals surface area contributed by atoms with Crippen LogP contribution in [-0.2, 0) is 16.0 Å². The summed E-state index contributed by atoms with van der Waals surface area (Å²) in [6, 6.07) is 5.07. The van der Waals surface area contributed by atoms with Crippen LogP contribution in [0.15, 0.2) is 24.4 Å². The second-order valence-corrected chi connectivity index (χ2v) is 5.68. The SMILES string of the molecule is O=C1NC2(CCCCC2)C(=O)N[C@@H]1Cc1ccccn1. The average Bonchev–Trinajstić information content (AvgIpc) is 2.47. The van der Waals surface area contributed by atoms with Crippen molar-refractivity contribution in [3.05, 3.63) is 30.1 Å². The molecule has 5 heteroatoms. The van der Waals surface area contributed by atoms with Crippen molar-refractivity contribution in [1.29, 1.82) is 0 Å². The van der Waals surface area contributed by atoms with Gasteiger partial charge in [-0.3, -0.25) is 14.6 Å². The number of pyridine rings is 1. The Morgan fingerprint density at radius 3 is 2.70 bits per heavy atom. The van der Waals surface area contributed by atoms with Gasteiger partial charge in [-0.1, -0.05) is 25.3 Å². The topological polar surface area (TPSA) is 71.1 Å². The van der Waals surface area contributed by atoms with Gasteiger partial charge >= 0.3 is 0 Å². The molecule has 0 bridgehead atoms. The van der Waals surface area contributed by atoms with Gasteiger partial charge in [-0.2, -0.15) is 0 Å². The normalized spacial score (nSPS) is 25.1. The van der Waals surface area contributed by atoms with Crippen LogP contribution in [0.25, 0.3) is 0 Å². The maximum absolute atomic E-state index is 12.4. The fourth-order valence-electron chi connectivity index (χ4n) is 3.12. The first kappa shape index (κ1) is 13.1. The minimum absolute atomic E-state index is 0.0299. The van der Waals surface area contributed by atoms with E-state index in [1.165, 1.54) is 0 Å². The Morgan fingerprint density at radius 1 is 1.20 bits per heavy atom. The fraction of sp³-hybridized carbons (Fsp3) is 0.533. The molecule has 1 aromatic heterocycles. The molecule has 0 unspecified atom stereocenters. The summed E-state index contributed by atoms with van der Waals surface area (Å²) in [6.45, 7) is 0. The van der Waals surface area contributed by atoms with Crippen molar-refractivity contribution in [2.45, 2.75) is 50.1 Å². The maximum atomic E-state index is 12.4. The van der Waals surface area contributed by atoms with Gasteiger partial charge in [-0.25, -0.2) is 0 Å². The monoisotopic (exact) mass is 273 g/mol. The number of piperazine rings is 1. The molecule has 0 aromatic carbocycles. The lowest BCUT2D eigenvalue weighted by atomic mass is 9.79. The third-order valence-electron chi connectivity index (χ3n) is 4.27. The van der Waals surface area contributed by atoms with Gasteiger partial charge in [0.15, 0.2) is 0 Å². The second-order valence-electron chi connectivity index (χ2n) is 5.68. The van der Waals surface area contributed by atoms with E-state index in [9.17, 15) is 9.59 Å². The molecule has 1 saturated heterocycles. The highest BCUT2D eigenvalue weighted by molar-refractivity contribution is 6.00. The Morgan fingerprint density at radius 2 is 2.00 bits per heavy atom. The van der Waals surface area contributed by atoms with E-state index in [0.717, 1.165) is 37.8 Å². The number of carbonyl (C=O) groups is 2. The van der Waals surface area contributed by atoms with E-state index in [-0.39, 0.29) is 11.8 Å². The zero-order valence-electron chi connectivity index (χ0n) is 11.4. The van der Waals surface area contributed by atoms with Crippen molar-refractivity contribution in [2.75, 3.05) is 0 Å². The smallest absolute Gasteiger partial charge is 0.246 e. The van der Waals surface area contributed by atoms with Gasteiger partial charge in [0.2, 0.25) is 11.8 Å². The third kappa shape index (κ3) is 2.40. The lowest BCUT2D eigenvalue weighted by molar-refractivity contribution is -0.143. The highest BCUT2D eigenvalue weighted by Crippen LogP contribution is 2.30. The molecule has 5 nitrogen and oxygen atoms in total. The van der Waals surface area contributed by atoms with E-state index in [1.807, 2.05) is 18.2 Å². The summed E-state index contributed by atoms with van der Waals surface area (Å²) in [6.07, 6.45) is 6.77. The highest BCUT2D eigenvalue weighted by atomic mass is 16.2. The molecule has 1 aliphatic carbocycles. The third-order valence-corrected chi connectivity index (χ3v) is 4.27. The Balaban J connectivity index is 1.71. The summed E-state index contributed by atoms with van der Waals surface area (Å²) in [5.74, 6) is -0.116. The Kier molecular flexibility index (Phi) is 3.42. The first-order valence-corrected chi connectivity index (χ1v) is 7.22. The lowest BCUT2D eigenvalue weighted by Crippen LogP contribution is -2.70. The summed E-state index contributed by atoms with van der Waals surface area (Å²) in [5.41, 5.74) is 0.156.